The van der Waals surface area contributed by atoms with Crippen molar-refractivity contribution in [1.29, 1.82) is 0 Å². The van der Waals surface area contributed by atoms with Gasteiger partial charge in [-0.25, -0.2) is 0 Å². The van der Waals surface area contributed by atoms with E-state index in [1.54, 1.807) is 7.11 Å². The molecule has 7 unspecified atom stereocenters. The standard InChI is InChI=1S/C26H46O3/c1-24(2,28)13-6-7-17-9-11-20-19-10-8-18-15-22(27)23(29-5)16-26(18,4)21(19)12-14-25(17,20)3/h17-23,27-28H,6-16H2,1-5H3/t17?,18?,19-,20?,21?,22?,23?,25?,26-/m0/s1. The first-order chi connectivity index (χ1) is 13.6. The number of methoxy groups -OCH3 is 1. The minimum atomic E-state index is -0.521. The summed E-state index contributed by atoms with van der Waals surface area (Å²) in [7, 11) is 1.78. The minimum Gasteiger partial charge on any atom is -0.390 e. The Morgan fingerprint density at radius 3 is 2.41 bits per heavy atom. The van der Waals surface area contributed by atoms with Crippen molar-refractivity contribution in [1.82, 2.24) is 0 Å². The third-order valence-electron chi connectivity index (χ3n) is 10.5. The molecule has 0 saturated heterocycles. The Hall–Kier alpha value is -0.120. The molecule has 4 rings (SSSR count). The summed E-state index contributed by atoms with van der Waals surface area (Å²) in [5.74, 6) is 4.11. The first-order valence-electron chi connectivity index (χ1n) is 12.5. The summed E-state index contributed by atoms with van der Waals surface area (Å²) < 4.78 is 5.72. The molecule has 0 amide bonds. The molecule has 29 heavy (non-hydrogen) atoms. The van der Waals surface area contributed by atoms with Crippen LogP contribution in [0.1, 0.15) is 98.3 Å². The Kier molecular flexibility index (Phi) is 5.93. The highest BCUT2D eigenvalue weighted by Gasteiger charge is 2.60. The number of rotatable bonds is 5. The summed E-state index contributed by atoms with van der Waals surface area (Å²) in [6, 6.07) is 0. The van der Waals surface area contributed by atoms with Gasteiger partial charge in [0.2, 0.25) is 0 Å². The average Bonchev–Trinajstić information content (AvgIpc) is 2.97. The zero-order valence-electron chi connectivity index (χ0n) is 19.6. The smallest absolute Gasteiger partial charge is 0.0835 e. The van der Waals surface area contributed by atoms with Crippen LogP contribution in [0.2, 0.25) is 0 Å². The van der Waals surface area contributed by atoms with Crippen LogP contribution in [0.15, 0.2) is 0 Å². The highest BCUT2D eigenvalue weighted by Crippen LogP contribution is 2.68. The maximum absolute atomic E-state index is 10.5. The van der Waals surface area contributed by atoms with Gasteiger partial charge >= 0.3 is 0 Å². The lowest BCUT2D eigenvalue weighted by atomic mass is 9.44. The molecule has 2 N–H and O–H groups in total. The molecule has 0 bridgehead atoms. The predicted molar refractivity (Wildman–Crippen MR) is 118 cm³/mol. The van der Waals surface area contributed by atoms with Crippen LogP contribution in [0.4, 0.5) is 0 Å². The van der Waals surface area contributed by atoms with E-state index in [0.717, 1.165) is 49.4 Å². The second-order valence-electron chi connectivity index (χ2n) is 12.5. The van der Waals surface area contributed by atoms with Crippen LogP contribution >= 0.6 is 0 Å². The van der Waals surface area contributed by atoms with E-state index in [4.69, 9.17) is 4.74 Å². The van der Waals surface area contributed by atoms with Gasteiger partial charge < -0.3 is 14.9 Å². The van der Waals surface area contributed by atoms with E-state index >= 15 is 0 Å². The lowest BCUT2D eigenvalue weighted by Gasteiger charge is -2.61. The zero-order chi connectivity index (χ0) is 21.0. The maximum Gasteiger partial charge on any atom is 0.0835 e. The normalized spacial score (nSPS) is 50.0. The van der Waals surface area contributed by atoms with Gasteiger partial charge in [-0.15, -0.1) is 0 Å². The quantitative estimate of drug-likeness (QED) is 0.627. The molecule has 0 aromatic carbocycles. The van der Waals surface area contributed by atoms with E-state index in [0.29, 0.717) is 16.7 Å². The van der Waals surface area contributed by atoms with Gasteiger partial charge in [0.25, 0.3) is 0 Å². The topological polar surface area (TPSA) is 49.7 Å². The van der Waals surface area contributed by atoms with Crippen molar-refractivity contribution < 1.29 is 14.9 Å². The van der Waals surface area contributed by atoms with Crippen molar-refractivity contribution in [3.8, 4) is 0 Å². The first kappa shape index (κ1) is 22.1. The first-order valence-corrected chi connectivity index (χ1v) is 12.5. The van der Waals surface area contributed by atoms with Gasteiger partial charge in [0.05, 0.1) is 17.8 Å². The molecule has 3 nitrogen and oxygen atoms in total. The summed E-state index contributed by atoms with van der Waals surface area (Å²) in [5, 5.41) is 20.7. The number of fused-ring (bicyclic) bond motifs is 5. The monoisotopic (exact) mass is 406 g/mol. The molecular formula is C26H46O3. The Morgan fingerprint density at radius 1 is 1.00 bits per heavy atom. The second-order valence-corrected chi connectivity index (χ2v) is 12.5. The van der Waals surface area contributed by atoms with Gasteiger partial charge in [-0.3, -0.25) is 0 Å². The zero-order valence-corrected chi connectivity index (χ0v) is 19.6. The largest absolute Gasteiger partial charge is 0.390 e. The van der Waals surface area contributed by atoms with Gasteiger partial charge in [-0.2, -0.15) is 0 Å². The van der Waals surface area contributed by atoms with Gasteiger partial charge in [0.1, 0.15) is 0 Å². The van der Waals surface area contributed by atoms with Crippen LogP contribution in [0, 0.1) is 40.4 Å². The van der Waals surface area contributed by atoms with Gasteiger partial charge in [0, 0.05) is 7.11 Å². The molecule has 4 aliphatic rings. The number of ether oxygens (including phenoxy) is 1. The molecule has 0 spiro atoms. The Labute approximate surface area is 179 Å². The summed E-state index contributed by atoms with van der Waals surface area (Å²) >= 11 is 0. The van der Waals surface area contributed by atoms with Crippen molar-refractivity contribution >= 4 is 0 Å². The highest BCUT2D eigenvalue weighted by molar-refractivity contribution is 5.10. The number of hydrogen-bond donors (Lipinski definition) is 2. The Morgan fingerprint density at radius 2 is 1.72 bits per heavy atom. The summed E-state index contributed by atoms with van der Waals surface area (Å²) in [6.07, 6.45) is 13.4. The van der Waals surface area contributed by atoms with Crippen LogP contribution in [-0.4, -0.2) is 35.1 Å². The van der Waals surface area contributed by atoms with Crippen molar-refractivity contribution in [2.75, 3.05) is 7.11 Å². The summed E-state index contributed by atoms with van der Waals surface area (Å²) in [6.45, 7) is 9.06. The molecule has 4 aliphatic carbocycles. The molecule has 4 fully saturated rings. The highest BCUT2D eigenvalue weighted by atomic mass is 16.5. The van der Waals surface area contributed by atoms with Crippen molar-refractivity contribution in [3.63, 3.8) is 0 Å². The third kappa shape index (κ3) is 3.82. The van der Waals surface area contributed by atoms with Crippen LogP contribution in [0.25, 0.3) is 0 Å². The van der Waals surface area contributed by atoms with E-state index in [1.165, 1.54) is 44.9 Å². The van der Waals surface area contributed by atoms with Gasteiger partial charge in [-0.1, -0.05) is 20.3 Å². The molecule has 168 valence electrons. The fraction of sp³-hybridized carbons (Fsp3) is 1.00. The lowest BCUT2D eigenvalue weighted by Crippen LogP contribution is -2.56. The molecule has 4 saturated carbocycles. The number of aliphatic hydroxyl groups excluding tert-OH is 1. The molecule has 0 aliphatic heterocycles. The van der Waals surface area contributed by atoms with E-state index in [2.05, 4.69) is 13.8 Å². The molecule has 0 radical (unpaired) electrons. The molecule has 3 heteroatoms. The van der Waals surface area contributed by atoms with Crippen molar-refractivity contribution in [2.24, 2.45) is 40.4 Å². The van der Waals surface area contributed by atoms with Crippen molar-refractivity contribution in [3.05, 3.63) is 0 Å². The Balaban J connectivity index is 1.48. The Bertz CT molecular complexity index is 583. The lowest BCUT2D eigenvalue weighted by molar-refractivity contribution is -0.166. The summed E-state index contributed by atoms with van der Waals surface area (Å²) in [5.41, 5.74) is 0.342. The van der Waals surface area contributed by atoms with E-state index in [9.17, 15) is 10.2 Å². The van der Waals surface area contributed by atoms with Gasteiger partial charge in [-0.05, 0) is 118 Å². The average molecular weight is 407 g/mol. The molecule has 0 aromatic rings. The van der Waals surface area contributed by atoms with Crippen LogP contribution in [0.5, 0.6) is 0 Å². The number of aliphatic hydroxyl groups is 2. The predicted octanol–water partition coefficient (Wildman–Crippen LogP) is 5.57. The third-order valence-corrected chi connectivity index (χ3v) is 10.5. The van der Waals surface area contributed by atoms with E-state index in [1.807, 2.05) is 13.8 Å². The summed E-state index contributed by atoms with van der Waals surface area (Å²) in [4.78, 5) is 0. The van der Waals surface area contributed by atoms with Crippen LogP contribution in [0.3, 0.4) is 0 Å². The van der Waals surface area contributed by atoms with Crippen LogP contribution < -0.4 is 0 Å². The van der Waals surface area contributed by atoms with Crippen molar-refractivity contribution in [2.45, 2.75) is 116 Å². The maximum atomic E-state index is 10.5. The molecule has 0 heterocycles. The van der Waals surface area contributed by atoms with Gasteiger partial charge in [0.15, 0.2) is 0 Å². The molecular weight excluding hydrogens is 360 g/mol. The van der Waals surface area contributed by atoms with E-state index < -0.39 is 5.60 Å². The van der Waals surface area contributed by atoms with Crippen LogP contribution in [-0.2, 0) is 4.74 Å². The number of hydrogen-bond acceptors (Lipinski definition) is 3. The fourth-order valence-corrected chi connectivity index (χ4v) is 8.86. The fourth-order valence-electron chi connectivity index (χ4n) is 8.86. The SMILES string of the molecule is COC1C[C@@]2(C)C(CC[C@H]3C4CCC(CCCC(C)(C)O)C4(C)CCC32)CC1O. The molecule has 0 aromatic heterocycles. The second kappa shape index (κ2) is 7.78. The molecule has 9 atom stereocenters. The minimum absolute atomic E-state index is 0.0291. The van der Waals surface area contributed by atoms with E-state index in [-0.39, 0.29) is 12.2 Å².